The van der Waals surface area contributed by atoms with Crippen LogP contribution in [-0.2, 0) is 5.41 Å². The van der Waals surface area contributed by atoms with E-state index in [2.05, 4.69) is 18.7 Å². The molecular weight excluding hydrogens is 433 g/mol. The van der Waals surface area contributed by atoms with Crippen molar-refractivity contribution < 1.29 is 14.6 Å². The number of benzene rings is 2. The minimum Gasteiger partial charge on any atom is -0.507 e. The molecule has 1 saturated carbocycles. The highest BCUT2D eigenvalue weighted by Crippen LogP contribution is 2.52. The Kier molecular flexibility index (Phi) is 5.04. The fourth-order valence-electron chi connectivity index (χ4n) is 5.53. The molecule has 3 aliphatic rings. The number of nitrogens with zero attached hydrogens (tertiary/aromatic N) is 1. The largest absolute Gasteiger partial charge is 0.507 e. The molecule has 2 aliphatic carbocycles. The standard InChI is InChI=1S/C25H27Cl2NO3/c1-13-23-24(30)18-10-16(17-8-15(31-3)9-20(26)22(17)27)21(29)11-19(18)25(13,2)6-7-28(23)12-14-4-5-14/h8-11,13-14,23,29H,4-7,12H2,1-3H3/t13-,23-,25-/m0/s1. The Morgan fingerprint density at radius 1 is 1.16 bits per heavy atom. The summed E-state index contributed by atoms with van der Waals surface area (Å²) in [4.78, 5) is 16.2. The molecule has 4 nitrogen and oxygen atoms in total. The Morgan fingerprint density at radius 3 is 2.58 bits per heavy atom. The smallest absolute Gasteiger partial charge is 0.180 e. The van der Waals surface area contributed by atoms with Gasteiger partial charge in [0.15, 0.2) is 5.78 Å². The number of methoxy groups -OCH3 is 1. The van der Waals surface area contributed by atoms with Gasteiger partial charge >= 0.3 is 0 Å². The number of phenols is 1. The molecule has 6 heteroatoms. The highest BCUT2D eigenvalue weighted by atomic mass is 35.5. The van der Waals surface area contributed by atoms with Crippen LogP contribution in [0.15, 0.2) is 24.3 Å². The van der Waals surface area contributed by atoms with Crippen molar-refractivity contribution in [3.8, 4) is 22.6 Å². The summed E-state index contributed by atoms with van der Waals surface area (Å²) in [5, 5.41) is 11.7. The van der Waals surface area contributed by atoms with E-state index in [4.69, 9.17) is 27.9 Å². The van der Waals surface area contributed by atoms with Gasteiger partial charge in [0.1, 0.15) is 11.5 Å². The lowest BCUT2D eigenvalue weighted by molar-refractivity contribution is 0.0265. The first kappa shape index (κ1) is 21.1. The van der Waals surface area contributed by atoms with E-state index in [1.165, 1.54) is 12.8 Å². The van der Waals surface area contributed by atoms with Gasteiger partial charge in [0.2, 0.25) is 0 Å². The zero-order chi connectivity index (χ0) is 22.1. The monoisotopic (exact) mass is 459 g/mol. The summed E-state index contributed by atoms with van der Waals surface area (Å²) in [6.45, 7) is 6.36. The SMILES string of the molecule is COc1cc(Cl)c(Cl)c(-c2cc3c(cc2O)[C@@]2(C)CCN(CC4CC4)[C@H](C3=O)[C@@H]2C)c1. The third kappa shape index (κ3) is 3.26. The first-order chi connectivity index (χ1) is 14.7. The molecule has 5 rings (SSSR count). The summed E-state index contributed by atoms with van der Waals surface area (Å²) in [6.07, 6.45) is 3.52. The van der Waals surface area contributed by atoms with Crippen LogP contribution in [0.4, 0.5) is 0 Å². The van der Waals surface area contributed by atoms with E-state index in [-0.39, 0.29) is 28.9 Å². The molecule has 2 bridgehead atoms. The predicted molar refractivity (Wildman–Crippen MR) is 124 cm³/mol. The van der Waals surface area contributed by atoms with E-state index in [9.17, 15) is 9.90 Å². The summed E-state index contributed by atoms with van der Waals surface area (Å²) < 4.78 is 5.34. The van der Waals surface area contributed by atoms with Gasteiger partial charge in [-0.3, -0.25) is 9.69 Å². The Balaban J connectivity index is 1.65. The molecule has 0 unspecified atom stereocenters. The number of Topliss-reactive ketones (excluding diaryl/α,β-unsaturated/α-hetero) is 1. The molecule has 0 aromatic heterocycles. The molecule has 1 aliphatic heterocycles. The molecule has 164 valence electrons. The van der Waals surface area contributed by atoms with E-state index in [0.29, 0.717) is 32.5 Å². The molecule has 0 radical (unpaired) electrons. The maximum Gasteiger partial charge on any atom is 0.180 e. The number of ether oxygens (including phenoxy) is 1. The molecule has 1 N–H and O–H groups in total. The van der Waals surface area contributed by atoms with Crippen LogP contribution in [0, 0.1) is 11.8 Å². The predicted octanol–water partition coefficient (Wildman–Crippen LogP) is 5.95. The van der Waals surface area contributed by atoms with E-state index in [1.807, 2.05) is 6.07 Å². The lowest BCUT2D eigenvalue weighted by Gasteiger charge is -2.53. The van der Waals surface area contributed by atoms with Crippen molar-refractivity contribution in [1.29, 1.82) is 0 Å². The third-order valence-electron chi connectivity index (χ3n) is 7.79. The zero-order valence-corrected chi connectivity index (χ0v) is 19.6. The Morgan fingerprint density at radius 2 is 1.90 bits per heavy atom. The lowest BCUT2D eigenvalue weighted by atomic mass is 9.58. The van der Waals surface area contributed by atoms with Gasteiger partial charge in [-0.25, -0.2) is 0 Å². The summed E-state index contributed by atoms with van der Waals surface area (Å²) in [7, 11) is 1.55. The number of rotatable bonds is 4. The van der Waals surface area contributed by atoms with Gasteiger partial charge in [0, 0.05) is 29.3 Å². The van der Waals surface area contributed by atoms with E-state index in [0.717, 1.165) is 31.0 Å². The van der Waals surface area contributed by atoms with Crippen LogP contribution >= 0.6 is 23.2 Å². The molecule has 31 heavy (non-hydrogen) atoms. The molecule has 2 aromatic carbocycles. The second-order valence-electron chi connectivity index (χ2n) is 9.59. The highest BCUT2D eigenvalue weighted by Gasteiger charge is 2.53. The van der Waals surface area contributed by atoms with Crippen LogP contribution in [0.1, 0.15) is 49.0 Å². The number of ketones is 1. The highest BCUT2D eigenvalue weighted by molar-refractivity contribution is 6.44. The number of fused-ring (bicyclic) bond motifs is 4. The number of halogens is 2. The maximum absolute atomic E-state index is 13.8. The number of carbonyl (C=O) groups excluding carboxylic acids is 1. The fourth-order valence-corrected chi connectivity index (χ4v) is 5.95. The second kappa shape index (κ2) is 7.40. The van der Waals surface area contributed by atoms with Crippen LogP contribution in [0.3, 0.4) is 0 Å². The number of hydrogen-bond acceptors (Lipinski definition) is 4. The van der Waals surface area contributed by atoms with Gasteiger partial charge in [0.25, 0.3) is 0 Å². The van der Waals surface area contributed by atoms with Gasteiger partial charge in [-0.05, 0) is 66.8 Å². The lowest BCUT2D eigenvalue weighted by Crippen LogP contribution is -2.61. The van der Waals surface area contributed by atoms with E-state index < -0.39 is 0 Å². The summed E-state index contributed by atoms with van der Waals surface area (Å²) in [5.74, 6) is 1.72. The van der Waals surface area contributed by atoms with Gasteiger partial charge in [-0.1, -0.05) is 37.0 Å². The Hall–Kier alpha value is -1.75. The summed E-state index contributed by atoms with van der Waals surface area (Å²) in [5.41, 5.74) is 2.54. The van der Waals surface area contributed by atoms with Crippen LogP contribution < -0.4 is 4.74 Å². The number of carbonyl (C=O) groups is 1. The molecule has 2 fully saturated rings. The van der Waals surface area contributed by atoms with Crippen LogP contribution in [0.5, 0.6) is 11.5 Å². The first-order valence-electron chi connectivity index (χ1n) is 10.9. The summed E-state index contributed by atoms with van der Waals surface area (Å²) in [6, 6.07) is 6.84. The van der Waals surface area contributed by atoms with Crippen molar-refractivity contribution in [2.45, 2.75) is 44.6 Å². The quantitative estimate of drug-likeness (QED) is 0.613. The molecule has 3 atom stereocenters. The Bertz CT molecular complexity index is 1080. The van der Waals surface area contributed by atoms with Crippen LogP contribution in [0.2, 0.25) is 10.0 Å². The van der Waals surface area contributed by atoms with Gasteiger partial charge in [-0.2, -0.15) is 0 Å². The number of hydrogen-bond donors (Lipinski definition) is 1. The Labute approximate surface area is 193 Å². The number of aromatic hydroxyl groups is 1. The average Bonchev–Trinajstić information content (AvgIpc) is 3.56. The van der Waals surface area contributed by atoms with Crippen molar-refractivity contribution >= 4 is 29.0 Å². The molecule has 0 amide bonds. The third-order valence-corrected chi connectivity index (χ3v) is 8.59. The van der Waals surface area contributed by atoms with Crippen molar-refractivity contribution in [3.63, 3.8) is 0 Å². The minimum atomic E-state index is -0.153. The first-order valence-corrected chi connectivity index (χ1v) is 11.7. The fraction of sp³-hybridized carbons (Fsp3) is 0.480. The van der Waals surface area contributed by atoms with Gasteiger partial charge < -0.3 is 9.84 Å². The van der Waals surface area contributed by atoms with Crippen molar-refractivity contribution in [2.24, 2.45) is 11.8 Å². The zero-order valence-electron chi connectivity index (χ0n) is 18.0. The normalized spacial score (nSPS) is 27.8. The summed E-state index contributed by atoms with van der Waals surface area (Å²) >= 11 is 12.8. The van der Waals surface area contributed by atoms with Crippen molar-refractivity contribution in [2.75, 3.05) is 20.2 Å². The number of piperidine rings is 1. The van der Waals surface area contributed by atoms with Crippen molar-refractivity contribution in [1.82, 2.24) is 4.90 Å². The maximum atomic E-state index is 13.8. The van der Waals surface area contributed by atoms with E-state index >= 15 is 0 Å². The molecule has 0 spiro atoms. The average molecular weight is 460 g/mol. The topological polar surface area (TPSA) is 49.8 Å². The van der Waals surface area contributed by atoms with E-state index in [1.54, 1.807) is 25.3 Å². The second-order valence-corrected chi connectivity index (χ2v) is 10.4. The molecule has 1 saturated heterocycles. The number of phenolic OH excluding ortho intramolecular Hbond substituents is 1. The van der Waals surface area contributed by atoms with Crippen molar-refractivity contribution in [3.05, 3.63) is 45.4 Å². The van der Waals surface area contributed by atoms with Gasteiger partial charge in [0.05, 0.1) is 23.2 Å². The van der Waals surface area contributed by atoms with Gasteiger partial charge in [-0.15, -0.1) is 0 Å². The minimum absolute atomic E-state index is 0.102. The molecule has 2 aromatic rings. The number of likely N-dealkylation sites (tertiary alicyclic amines) is 1. The molecular formula is C25H27Cl2NO3. The van der Waals surface area contributed by atoms with Crippen LogP contribution in [-0.4, -0.2) is 42.0 Å². The van der Waals surface area contributed by atoms with Crippen LogP contribution in [0.25, 0.3) is 11.1 Å². The molecule has 1 heterocycles.